The van der Waals surface area contributed by atoms with E-state index in [0.29, 0.717) is 6.61 Å². The number of halogens is 1. The summed E-state index contributed by atoms with van der Waals surface area (Å²) in [4.78, 5) is 0. The summed E-state index contributed by atoms with van der Waals surface area (Å²) >= 11 is 3.66. The number of nitrogens with zero attached hydrogens (tertiary/aromatic N) is 2. The van der Waals surface area contributed by atoms with Gasteiger partial charge in [0.05, 0.1) is 28.5 Å². The third-order valence-corrected chi connectivity index (χ3v) is 4.16. The van der Waals surface area contributed by atoms with E-state index in [1.54, 1.807) is 0 Å². The molecule has 122 valence electrons. The highest BCUT2D eigenvalue weighted by Crippen LogP contribution is 2.35. The molecule has 0 aliphatic heterocycles. The smallest absolute Gasteiger partial charge is 0.0833 e. The molecule has 21 heavy (non-hydrogen) atoms. The van der Waals surface area contributed by atoms with Crippen molar-refractivity contribution in [1.82, 2.24) is 15.1 Å². The zero-order chi connectivity index (χ0) is 16.0. The minimum absolute atomic E-state index is 0.0453. The summed E-state index contributed by atoms with van der Waals surface area (Å²) in [7, 11) is 0. The molecule has 1 aromatic rings. The summed E-state index contributed by atoms with van der Waals surface area (Å²) in [5.74, 6) is 0. The average Bonchev–Trinajstić information content (AvgIpc) is 2.78. The van der Waals surface area contributed by atoms with Gasteiger partial charge >= 0.3 is 0 Å². The fourth-order valence-electron chi connectivity index (χ4n) is 2.61. The number of hydrogen-bond donors (Lipinski definition) is 1. The lowest BCUT2D eigenvalue weighted by Crippen LogP contribution is -2.43. The Morgan fingerprint density at radius 3 is 2.48 bits per heavy atom. The van der Waals surface area contributed by atoms with Gasteiger partial charge in [-0.3, -0.25) is 4.68 Å². The zero-order valence-corrected chi connectivity index (χ0v) is 15.8. The fourth-order valence-corrected chi connectivity index (χ4v) is 3.15. The number of hydrogen-bond acceptors (Lipinski definition) is 3. The molecule has 0 saturated heterocycles. The van der Waals surface area contributed by atoms with E-state index >= 15 is 0 Å². The van der Waals surface area contributed by atoms with Gasteiger partial charge in [0, 0.05) is 13.2 Å². The van der Waals surface area contributed by atoms with Crippen molar-refractivity contribution in [3.63, 3.8) is 0 Å². The van der Waals surface area contributed by atoms with Crippen LogP contribution in [-0.2, 0) is 11.3 Å². The van der Waals surface area contributed by atoms with Crippen molar-refractivity contribution in [3.05, 3.63) is 16.4 Å². The normalized spacial score (nSPS) is 15.2. The zero-order valence-electron chi connectivity index (χ0n) is 14.2. The molecule has 4 nitrogen and oxygen atoms in total. The molecule has 0 fully saturated rings. The van der Waals surface area contributed by atoms with Gasteiger partial charge < -0.3 is 10.1 Å². The predicted molar refractivity (Wildman–Crippen MR) is 91.5 cm³/mol. The Bertz CT molecular complexity index is 426. The van der Waals surface area contributed by atoms with Crippen molar-refractivity contribution in [2.24, 2.45) is 5.41 Å². The van der Waals surface area contributed by atoms with Crippen LogP contribution >= 0.6 is 15.9 Å². The van der Waals surface area contributed by atoms with Gasteiger partial charge in [0.2, 0.25) is 0 Å². The van der Waals surface area contributed by atoms with Crippen LogP contribution in [0.25, 0.3) is 0 Å². The molecule has 0 amide bonds. The minimum atomic E-state index is 0.0453. The maximum Gasteiger partial charge on any atom is 0.0833 e. The van der Waals surface area contributed by atoms with Crippen molar-refractivity contribution in [2.45, 2.75) is 66.7 Å². The van der Waals surface area contributed by atoms with Gasteiger partial charge in [0.25, 0.3) is 0 Å². The maximum atomic E-state index is 6.12. The second kappa shape index (κ2) is 8.30. The van der Waals surface area contributed by atoms with Crippen molar-refractivity contribution < 1.29 is 4.74 Å². The monoisotopic (exact) mass is 359 g/mol. The molecular formula is C16H30BrN3O. The lowest BCUT2D eigenvalue weighted by atomic mass is 9.83. The molecule has 5 heteroatoms. The molecule has 0 aromatic carbocycles. The van der Waals surface area contributed by atoms with E-state index in [2.05, 4.69) is 72.6 Å². The largest absolute Gasteiger partial charge is 0.376 e. The predicted octanol–water partition coefficient (Wildman–Crippen LogP) is 4.16. The van der Waals surface area contributed by atoms with Crippen molar-refractivity contribution in [2.75, 3.05) is 13.2 Å². The van der Waals surface area contributed by atoms with Crippen LogP contribution in [0.3, 0.4) is 0 Å². The van der Waals surface area contributed by atoms with Crippen molar-refractivity contribution in [1.29, 1.82) is 0 Å². The summed E-state index contributed by atoms with van der Waals surface area (Å²) in [5, 5.41) is 8.12. The lowest BCUT2D eigenvalue weighted by molar-refractivity contribution is -0.0384. The maximum absolute atomic E-state index is 6.12. The topological polar surface area (TPSA) is 39.1 Å². The Balaban J connectivity index is 3.22. The highest BCUT2D eigenvalue weighted by molar-refractivity contribution is 9.10. The lowest BCUT2D eigenvalue weighted by Gasteiger charge is -2.37. The first kappa shape index (κ1) is 18.7. The number of aryl methyl sites for hydroxylation is 1. The van der Waals surface area contributed by atoms with Crippen LogP contribution in [0.5, 0.6) is 0 Å². The number of rotatable bonds is 8. The summed E-state index contributed by atoms with van der Waals surface area (Å²) in [6.45, 7) is 15.6. The molecule has 1 heterocycles. The first-order valence-corrected chi connectivity index (χ1v) is 8.72. The SMILES string of the molecule is CCCNC(c1c(Br)cnn1CC)C(OCC)C(C)(C)C. The molecular weight excluding hydrogens is 330 g/mol. The Morgan fingerprint density at radius 2 is 2.00 bits per heavy atom. The van der Waals surface area contributed by atoms with Crippen LogP contribution in [0.15, 0.2) is 10.7 Å². The van der Waals surface area contributed by atoms with E-state index in [0.717, 1.165) is 24.0 Å². The van der Waals surface area contributed by atoms with Gasteiger partial charge in [-0.1, -0.05) is 27.7 Å². The van der Waals surface area contributed by atoms with E-state index in [-0.39, 0.29) is 17.6 Å². The van der Waals surface area contributed by atoms with Gasteiger partial charge in [0.1, 0.15) is 0 Å². The van der Waals surface area contributed by atoms with Crippen LogP contribution in [0.2, 0.25) is 0 Å². The summed E-state index contributed by atoms with van der Waals surface area (Å²) in [5.41, 5.74) is 1.23. The molecule has 1 rings (SSSR count). The molecule has 2 atom stereocenters. The Morgan fingerprint density at radius 1 is 1.33 bits per heavy atom. The van der Waals surface area contributed by atoms with E-state index < -0.39 is 0 Å². The third kappa shape index (κ3) is 4.80. The Kier molecular flexibility index (Phi) is 7.37. The number of nitrogens with one attached hydrogen (secondary N) is 1. The standard InChI is InChI=1S/C16H30BrN3O/c1-7-10-18-13(15(21-9-3)16(4,5)6)14-12(17)11-19-20(14)8-2/h11,13,15,18H,7-10H2,1-6H3. The molecule has 2 unspecified atom stereocenters. The van der Waals surface area contributed by atoms with Crippen LogP contribution in [-0.4, -0.2) is 29.0 Å². The molecule has 1 aromatic heterocycles. The van der Waals surface area contributed by atoms with E-state index in [9.17, 15) is 0 Å². The number of ether oxygens (including phenoxy) is 1. The first-order valence-electron chi connectivity index (χ1n) is 7.92. The van der Waals surface area contributed by atoms with Gasteiger partial charge in [0.15, 0.2) is 0 Å². The quantitative estimate of drug-likeness (QED) is 0.757. The molecule has 0 bridgehead atoms. The summed E-state index contributed by atoms with van der Waals surface area (Å²) in [6, 6.07) is 0.127. The second-order valence-corrected chi connectivity index (χ2v) is 7.22. The Labute approximate surface area is 137 Å². The van der Waals surface area contributed by atoms with Crippen LogP contribution in [0.1, 0.15) is 59.7 Å². The van der Waals surface area contributed by atoms with Crippen molar-refractivity contribution >= 4 is 15.9 Å². The van der Waals surface area contributed by atoms with Gasteiger partial charge in [-0.2, -0.15) is 5.10 Å². The average molecular weight is 360 g/mol. The minimum Gasteiger partial charge on any atom is -0.376 e. The molecule has 0 aliphatic rings. The molecule has 0 aliphatic carbocycles. The first-order chi connectivity index (χ1) is 9.86. The number of aromatic nitrogens is 2. The second-order valence-electron chi connectivity index (χ2n) is 6.37. The van der Waals surface area contributed by atoms with Crippen LogP contribution in [0.4, 0.5) is 0 Å². The van der Waals surface area contributed by atoms with Crippen LogP contribution in [0, 0.1) is 5.41 Å². The van der Waals surface area contributed by atoms with Crippen LogP contribution < -0.4 is 5.32 Å². The Hall–Kier alpha value is -0.390. The van der Waals surface area contributed by atoms with Gasteiger partial charge in [-0.25, -0.2) is 0 Å². The fraction of sp³-hybridized carbons (Fsp3) is 0.812. The molecule has 0 radical (unpaired) electrons. The highest BCUT2D eigenvalue weighted by Gasteiger charge is 2.36. The van der Waals surface area contributed by atoms with E-state index in [1.807, 2.05) is 6.20 Å². The van der Waals surface area contributed by atoms with Gasteiger partial charge in [-0.15, -0.1) is 0 Å². The molecule has 0 saturated carbocycles. The summed E-state index contributed by atoms with van der Waals surface area (Å²) < 4.78 is 9.22. The highest BCUT2D eigenvalue weighted by atomic mass is 79.9. The third-order valence-electron chi connectivity index (χ3n) is 3.54. The van der Waals surface area contributed by atoms with Gasteiger partial charge in [-0.05, 0) is 48.2 Å². The van der Waals surface area contributed by atoms with Crippen molar-refractivity contribution in [3.8, 4) is 0 Å². The molecule has 1 N–H and O–H groups in total. The summed E-state index contributed by atoms with van der Waals surface area (Å²) in [6.07, 6.45) is 3.06. The van der Waals surface area contributed by atoms with E-state index in [1.165, 1.54) is 5.69 Å². The molecule has 0 spiro atoms. The van der Waals surface area contributed by atoms with E-state index in [4.69, 9.17) is 4.74 Å².